The predicted octanol–water partition coefficient (Wildman–Crippen LogP) is 5.17. The fraction of sp³-hybridized carbons (Fsp3) is 0.400. The number of aromatic nitrogens is 2. The number of hydrogen-bond acceptors (Lipinski definition) is 3. The van der Waals surface area contributed by atoms with Crippen molar-refractivity contribution in [1.82, 2.24) is 9.97 Å². The number of alkyl halides is 1. The van der Waals surface area contributed by atoms with Crippen LogP contribution in [0.4, 0.5) is 4.39 Å². The topological polar surface area (TPSA) is 35.0 Å². The molecule has 1 aromatic carbocycles. The summed E-state index contributed by atoms with van der Waals surface area (Å²) in [5.74, 6) is 0.858. The van der Waals surface area contributed by atoms with E-state index in [1.807, 2.05) is 12.1 Å². The molecule has 0 bridgehead atoms. The summed E-state index contributed by atoms with van der Waals surface area (Å²) in [5.41, 5.74) is 2.97. The molecule has 0 fully saturated rings. The van der Waals surface area contributed by atoms with Crippen molar-refractivity contribution in [2.45, 2.75) is 45.2 Å². The lowest BCUT2D eigenvalue weighted by Gasteiger charge is -2.12. The summed E-state index contributed by atoms with van der Waals surface area (Å²) in [6.45, 7) is 5.79. The van der Waals surface area contributed by atoms with E-state index in [1.54, 1.807) is 31.6 Å². The molecule has 2 aromatic rings. The molecule has 0 amide bonds. The van der Waals surface area contributed by atoms with E-state index < -0.39 is 6.17 Å². The molecule has 2 rings (SSSR count). The average molecular weight is 328 g/mol. The highest BCUT2D eigenvalue weighted by atomic mass is 19.1. The van der Waals surface area contributed by atoms with Crippen LogP contribution in [-0.4, -0.2) is 22.7 Å². The molecule has 1 aromatic heterocycles. The minimum Gasteiger partial charge on any atom is -0.489 e. The average Bonchev–Trinajstić information content (AvgIpc) is 2.60. The van der Waals surface area contributed by atoms with Gasteiger partial charge in [0.15, 0.2) is 0 Å². The van der Waals surface area contributed by atoms with E-state index in [2.05, 4.69) is 22.6 Å². The lowest BCUT2D eigenvalue weighted by molar-refractivity contribution is 0.330. The molecule has 0 spiro atoms. The van der Waals surface area contributed by atoms with Gasteiger partial charge in [0.05, 0.1) is 18.1 Å². The van der Waals surface area contributed by atoms with Gasteiger partial charge in [-0.05, 0) is 37.8 Å². The Morgan fingerprint density at radius 3 is 2.83 bits per heavy atom. The number of ether oxygens (including phenoxy) is 1. The number of nitrogens with zero attached hydrogens (tertiary/aromatic N) is 2. The second-order valence-corrected chi connectivity index (χ2v) is 5.89. The number of hydrogen-bond donors (Lipinski definition) is 0. The number of benzene rings is 1. The maximum absolute atomic E-state index is 12.8. The summed E-state index contributed by atoms with van der Waals surface area (Å²) >= 11 is 0. The largest absolute Gasteiger partial charge is 0.489 e. The van der Waals surface area contributed by atoms with Crippen LogP contribution in [0.2, 0.25) is 0 Å². The zero-order chi connectivity index (χ0) is 17.2. The van der Waals surface area contributed by atoms with Gasteiger partial charge in [-0.25, -0.2) is 4.39 Å². The van der Waals surface area contributed by atoms with Gasteiger partial charge in [0.1, 0.15) is 12.4 Å². The van der Waals surface area contributed by atoms with Gasteiger partial charge in [0.2, 0.25) is 0 Å². The van der Waals surface area contributed by atoms with Crippen molar-refractivity contribution in [2.75, 3.05) is 6.61 Å². The van der Waals surface area contributed by atoms with E-state index >= 15 is 0 Å². The Bertz CT molecular complexity index is 629. The first-order valence-corrected chi connectivity index (χ1v) is 8.47. The molecule has 0 saturated heterocycles. The molecule has 4 heteroatoms. The van der Waals surface area contributed by atoms with E-state index in [1.165, 1.54) is 0 Å². The molecule has 1 unspecified atom stereocenters. The third-order valence-electron chi connectivity index (χ3n) is 3.83. The first kappa shape index (κ1) is 18.1. The molecule has 24 heavy (non-hydrogen) atoms. The molecule has 0 aliphatic heterocycles. The van der Waals surface area contributed by atoms with Gasteiger partial charge in [0.25, 0.3) is 0 Å². The Morgan fingerprint density at radius 2 is 2.12 bits per heavy atom. The summed E-state index contributed by atoms with van der Waals surface area (Å²) in [7, 11) is 0. The van der Waals surface area contributed by atoms with Gasteiger partial charge in [0, 0.05) is 18.0 Å². The Kier molecular flexibility index (Phi) is 7.40. The lowest BCUT2D eigenvalue weighted by atomic mass is 10.0. The molecule has 0 N–H and O–H groups in total. The van der Waals surface area contributed by atoms with Crippen LogP contribution in [0.3, 0.4) is 0 Å². The second kappa shape index (κ2) is 9.81. The number of rotatable bonds is 10. The van der Waals surface area contributed by atoms with Gasteiger partial charge in [-0.3, -0.25) is 9.97 Å². The molecule has 1 atom stereocenters. The van der Waals surface area contributed by atoms with E-state index in [4.69, 9.17) is 4.74 Å². The molecule has 0 aliphatic rings. The molecule has 1 heterocycles. The normalized spacial score (nSPS) is 11.9. The zero-order valence-corrected chi connectivity index (χ0v) is 14.2. The summed E-state index contributed by atoms with van der Waals surface area (Å²) in [6.07, 6.45) is 10.7. The SMILES string of the molecule is C=CCOc1cc(-c2cnccn2)ccc1CCCCCC(C)F. The standard InChI is InChI=1S/C20H25FN2O/c1-3-13-24-20-14-18(19-15-22-11-12-23-19)10-9-17(20)8-6-4-5-7-16(2)21/h3,9-12,14-16H,1,4-8,13H2,2H3. The zero-order valence-electron chi connectivity index (χ0n) is 14.2. The van der Waals surface area contributed by atoms with Crippen LogP contribution >= 0.6 is 0 Å². The third kappa shape index (κ3) is 5.76. The minimum atomic E-state index is -0.706. The molecular weight excluding hydrogens is 303 g/mol. The van der Waals surface area contributed by atoms with Crippen LogP contribution in [0.25, 0.3) is 11.3 Å². The van der Waals surface area contributed by atoms with Crippen molar-refractivity contribution in [3.8, 4) is 17.0 Å². The second-order valence-electron chi connectivity index (χ2n) is 5.89. The van der Waals surface area contributed by atoms with Crippen molar-refractivity contribution < 1.29 is 9.13 Å². The summed E-state index contributed by atoms with van der Waals surface area (Å²) < 4.78 is 18.6. The van der Waals surface area contributed by atoms with Gasteiger partial charge in [-0.15, -0.1) is 0 Å². The Labute approximate surface area is 143 Å². The molecule has 128 valence electrons. The van der Waals surface area contributed by atoms with Crippen molar-refractivity contribution in [2.24, 2.45) is 0 Å². The van der Waals surface area contributed by atoms with E-state index in [0.29, 0.717) is 13.0 Å². The van der Waals surface area contributed by atoms with Crippen LogP contribution in [0, 0.1) is 0 Å². The summed E-state index contributed by atoms with van der Waals surface area (Å²) in [6, 6.07) is 6.14. The van der Waals surface area contributed by atoms with Gasteiger partial charge in [-0.2, -0.15) is 0 Å². The first-order chi connectivity index (χ1) is 11.7. The van der Waals surface area contributed by atoms with Gasteiger partial charge >= 0.3 is 0 Å². The first-order valence-electron chi connectivity index (χ1n) is 8.47. The van der Waals surface area contributed by atoms with E-state index in [9.17, 15) is 4.39 Å². The smallest absolute Gasteiger partial charge is 0.123 e. The van der Waals surface area contributed by atoms with Crippen LogP contribution < -0.4 is 4.74 Å². The lowest BCUT2D eigenvalue weighted by Crippen LogP contribution is -1.99. The van der Waals surface area contributed by atoms with Crippen molar-refractivity contribution in [3.05, 3.63) is 55.0 Å². The minimum absolute atomic E-state index is 0.469. The highest BCUT2D eigenvalue weighted by Gasteiger charge is 2.08. The highest BCUT2D eigenvalue weighted by Crippen LogP contribution is 2.27. The Hall–Kier alpha value is -2.23. The van der Waals surface area contributed by atoms with Crippen LogP contribution in [0.1, 0.15) is 38.2 Å². The van der Waals surface area contributed by atoms with Crippen molar-refractivity contribution in [3.63, 3.8) is 0 Å². The quantitative estimate of drug-likeness (QED) is 0.446. The number of halogens is 1. The Morgan fingerprint density at radius 1 is 1.25 bits per heavy atom. The van der Waals surface area contributed by atoms with Crippen LogP contribution in [0.15, 0.2) is 49.4 Å². The number of aryl methyl sites for hydroxylation is 1. The monoisotopic (exact) mass is 328 g/mol. The van der Waals surface area contributed by atoms with Crippen LogP contribution in [0.5, 0.6) is 5.75 Å². The molecule has 3 nitrogen and oxygen atoms in total. The summed E-state index contributed by atoms with van der Waals surface area (Å²) in [5, 5.41) is 0. The summed E-state index contributed by atoms with van der Waals surface area (Å²) in [4.78, 5) is 8.44. The van der Waals surface area contributed by atoms with Crippen molar-refractivity contribution in [1.29, 1.82) is 0 Å². The van der Waals surface area contributed by atoms with E-state index in [0.717, 1.165) is 48.3 Å². The fourth-order valence-corrected chi connectivity index (χ4v) is 2.57. The van der Waals surface area contributed by atoms with Gasteiger partial charge < -0.3 is 4.74 Å². The third-order valence-corrected chi connectivity index (χ3v) is 3.83. The maximum atomic E-state index is 12.8. The number of unbranched alkanes of at least 4 members (excludes halogenated alkanes) is 2. The fourth-order valence-electron chi connectivity index (χ4n) is 2.57. The highest BCUT2D eigenvalue weighted by molar-refractivity contribution is 5.61. The molecule has 0 radical (unpaired) electrons. The Balaban J connectivity index is 2.05. The van der Waals surface area contributed by atoms with E-state index in [-0.39, 0.29) is 0 Å². The maximum Gasteiger partial charge on any atom is 0.123 e. The molecule has 0 saturated carbocycles. The molecule has 0 aliphatic carbocycles. The van der Waals surface area contributed by atoms with Crippen molar-refractivity contribution >= 4 is 0 Å². The molecular formula is C20H25FN2O. The predicted molar refractivity (Wildman–Crippen MR) is 95.9 cm³/mol. The van der Waals surface area contributed by atoms with Crippen LogP contribution in [-0.2, 0) is 6.42 Å². The van der Waals surface area contributed by atoms with Gasteiger partial charge in [-0.1, -0.05) is 37.6 Å².